The van der Waals surface area contributed by atoms with E-state index in [4.69, 9.17) is 0 Å². The van der Waals surface area contributed by atoms with E-state index in [9.17, 15) is 5.11 Å². The number of aliphatic hydroxyl groups excluding tert-OH is 1. The van der Waals surface area contributed by atoms with E-state index in [1.54, 1.807) is 11.3 Å². The van der Waals surface area contributed by atoms with Crippen LogP contribution >= 0.6 is 23.1 Å². The number of rotatable bonds is 5. The summed E-state index contributed by atoms with van der Waals surface area (Å²) in [6, 6.07) is 0. The van der Waals surface area contributed by atoms with E-state index in [-0.39, 0.29) is 6.10 Å². The monoisotopic (exact) mass is 272 g/mol. The predicted molar refractivity (Wildman–Crippen MR) is 76.3 cm³/mol. The average molecular weight is 272 g/mol. The molecule has 0 aromatic carbocycles. The van der Waals surface area contributed by atoms with E-state index < -0.39 is 0 Å². The number of anilines is 1. The maximum atomic E-state index is 9.89. The Labute approximate surface area is 111 Å². The van der Waals surface area contributed by atoms with Crippen molar-refractivity contribution in [3.63, 3.8) is 0 Å². The molecular formula is C12H20N2OS2. The summed E-state index contributed by atoms with van der Waals surface area (Å²) in [5.74, 6) is 1.19. The van der Waals surface area contributed by atoms with Crippen molar-refractivity contribution in [2.75, 3.05) is 30.5 Å². The van der Waals surface area contributed by atoms with Crippen molar-refractivity contribution >= 4 is 28.2 Å². The van der Waals surface area contributed by atoms with Crippen LogP contribution in [0.5, 0.6) is 0 Å². The van der Waals surface area contributed by atoms with Gasteiger partial charge in [-0.15, -0.1) is 11.3 Å². The third-order valence-electron chi connectivity index (χ3n) is 3.08. The summed E-state index contributed by atoms with van der Waals surface area (Å²) in [6.07, 6.45) is 6.03. The van der Waals surface area contributed by atoms with Crippen LogP contribution in [0.15, 0.2) is 0 Å². The van der Waals surface area contributed by atoms with Gasteiger partial charge in [0.15, 0.2) is 5.13 Å². The summed E-state index contributed by atoms with van der Waals surface area (Å²) in [6.45, 7) is 1.04. The van der Waals surface area contributed by atoms with Crippen molar-refractivity contribution in [3.8, 4) is 0 Å². The molecule has 1 aromatic heterocycles. The smallest absolute Gasteiger partial charge is 0.185 e. The van der Waals surface area contributed by atoms with E-state index in [1.807, 2.05) is 11.8 Å². The zero-order valence-electron chi connectivity index (χ0n) is 10.5. The molecule has 1 heterocycles. The number of hydrogen-bond acceptors (Lipinski definition) is 5. The van der Waals surface area contributed by atoms with Crippen LogP contribution in [0.1, 0.15) is 35.9 Å². The molecule has 1 aliphatic carbocycles. The van der Waals surface area contributed by atoms with Crippen LogP contribution in [-0.4, -0.2) is 35.7 Å². The van der Waals surface area contributed by atoms with E-state index >= 15 is 0 Å². The van der Waals surface area contributed by atoms with Gasteiger partial charge >= 0.3 is 0 Å². The van der Waals surface area contributed by atoms with Crippen molar-refractivity contribution in [1.82, 2.24) is 4.98 Å². The average Bonchev–Trinajstić information content (AvgIpc) is 2.75. The standard InChI is InChI=1S/C12H20N2OS2/c1-14(7-4-8-16-2)12-13-11-9(15)5-3-6-10(11)17-12/h9,15H,3-8H2,1-2H3. The SMILES string of the molecule is CSCCCN(C)c1nc2c(s1)CCCC2O. The second-order valence-electron chi connectivity index (χ2n) is 4.48. The molecule has 1 aromatic rings. The maximum absolute atomic E-state index is 9.89. The summed E-state index contributed by atoms with van der Waals surface area (Å²) >= 11 is 3.64. The van der Waals surface area contributed by atoms with Gasteiger partial charge in [-0.3, -0.25) is 0 Å². The summed E-state index contributed by atoms with van der Waals surface area (Å²) in [7, 11) is 2.09. The highest BCUT2D eigenvalue weighted by Gasteiger charge is 2.23. The van der Waals surface area contributed by atoms with E-state index in [0.717, 1.165) is 36.6 Å². The summed E-state index contributed by atoms with van der Waals surface area (Å²) in [4.78, 5) is 8.10. The Morgan fingerprint density at radius 3 is 3.12 bits per heavy atom. The molecule has 3 nitrogen and oxygen atoms in total. The lowest BCUT2D eigenvalue weighted by molar-refractivity contribution is 0.153. The number of aromatic nitrogens is 1. The van der Waals surface area contributed by atoms with Crippen LogP contribution in [0.25, 0.3) is 0 Å². The molecule has 0 radical (unpaired) electrons. The summed E-state index contributed by atoms with van der Waals surface area (Å²) in [5.41, 5.74) is 0.938. The number of aliphatic hydroxyl groups is 1. The molecule has 0 saturated heterocycles. The Balaban J connectivity index is 2.01. The third-order valence-corrected chi connectivity index (χ3v) is 5.02. The predicted octanol–water partition coefficient (Wildman–Crippen LogP) is 2.70. The minimum Gasteiger partial charge on any atom is -0.387 e. The van der Waals surface area contributed by atoms with Gasteiger partial charge in [-0.2, -0.15) is 11.8 Å². The number of thioether (sulfide) groups is 1. The van der Waals surface area contributed by atoms with Gasteiger partial charge in [0.1, 0.15) is 0 Å². The fourth-order valence-corrected chi connectivity index (χ4v) is 3.65. The second kappa shape index (κ2) is 6.07. The van der Waals surface area contributed by atoms with Crippen molar-refractivity contribution in [1.29, 1.82) is 0 Å². The molecule has 5 heteroatoms. The summed E-state index contributed by atoms with van der Waals surface area (Å²) in [5, 5.41) is 11.0. The first kappa shape index (κ1) is 13.2. The first-order valence-corrected chi connectivity index (χ1v) is 8.31. The Hall–Kier alpha value is -0.260. The molecular weight excluding hydrogens is 252 g/mol. The highest BCUT2D eigenvalue weighted by atomic mass is 32.2. The van der Waals surface area contributed by atoms with Crippen molar-refractivity contribution in [3.05, 3.63) is 10.6 Å². The van der Waals surface area contributed by atoms with Crippen LogP contribution in [0.2, 0.25) is 0 Å². The lowest BCUT2D eigenvalue weighted by Crippen LogP contribution is -2.19. The third kappa shape index (κ3) is 3.14. The normalized spacial score (nSPS) is 19.1. The van der Waals surface area contributed by atoms with Gasteiger partial charge in [-0.05, 0) is 37.7 Å². The molecule has 0 bridgehead atoms. The lowest BCUT2D eigenvalue weighted by atomic mass is 10.0. The number of aryl methyl sites for hydroxylation is 1. The number of thiazole rings is 1. The lowest BCUT2D eigenvalue weighted by Gasteiger charge is -2.15. The largest absolute Gasteiger partial charge is 0.387 e. The molecule has 96 valence electrons. The number of nitrogens with zero attached hydrogens (tertiary/aromatic N) is 2. The van der Waals surface area contributed by atoms with Gasteiger partial charge in [-0.25, -0.2) is 4.98 Å². The summed E-state index contributed by atoms with van der Waals surface area (Å²) < 4.78 is 0. The molecule has 0 aliphatic heterocycles. The Morgan fingerprint density at radius 2 is 2.41 bits per heavy atom. The van der Waals surface area contributed by atoms with Gasteiger partial charge < -0.3 is 10.0 Å². The van der Waals surface area contributed by atoms with Gasteiger partial charge in [0.2, 0.25) is 0 Å². The van der Waals surface area contributed by atoms with Gasteiger partial charge in [0, 0.05) is 18.5 Å². The Kier molecular flexibility index (Phi) is 4.70. The molecule has 0 fully saturated rings. The molecule has 0 saturated carbocycles. The molecule has 0 spiro atoms. The van der Waals surface area contributed by atoms with Crippen molar-refractivity contribution in [2.45, 2.75) is 31.8 Å². The fourth-order valence-electron chi connectivity index (χ4n) is 2.09. The molecule has 17 heavy (non-hydrogen) atoms. The molecule has 1 unspecified atom stereocenters. The molecule has 0 amide bonds. The zero-order valence-corrected chi connectivity index (χ0v) is 12.1. The fraction of sp³-hybridized carbons (Fsp3) is 0.750. The number of fused-ring (bicyclic) bond motifs is 1. The van der Waals surface area contributed by atoms with E-state index in [0.29, 0.717) is 0 Å². The molecule has 1 aliphatic rings. The zero-order chi connectivity index (χ0) is 12.3. The molecule has 2 rings (SSSR count). The minimum atomic E-state index is -0.330. The van der Waals surface area contributed by atoms with E-state index in [1.165, 1.54) is 17.1 Å². The van der Waals surface area contributed by atoms with Crippen LogP contribution in [-0.2, 0) is 6.42 Å². The second-order valence-corrected chi connectivity index (χ2v) is 6.53. The first-order valence-electron chi connectivity index (χ1n) is 6.10. The highest BCUT2D eigenvalue weighted by Crippen LogP contribution is 2.36. The van der Waals surface area contributed by atoms with Crippen molar-refractivity contribution in [2.24, 2.45) is 0 Å². The minimum absolute atomic E-state index is 0.330. The van der Waals surface area contributed by atoms with Crippen LogP contribution in [0.3, 0.4) is 0 Å². The Bertz CT molecular complexity index is 367. The van der Waals surface area contributed by atoms with Crippen LogP contribution in [0.4, 0.5) is 5.13 Å². The molecule has 1 atom stereocenters. The Morgan fingerprint density at radius 1 is 1.59 bits per heavy atom. The van der Waals surface area contributed by atoms with Gasteiger partial charge in [0.05, 0.1) is 11.8 Å². The molecule has 1 N–H and O–H groups in total. The van der Waals surface area contributed by atoms with Crippen LogP contribution in [0, 0.1) is 0 Å². The first-order chi connectivity index (χ1) is 8.22. The van der Waals surface area contributed by atoms with Crippen LogP contribution < -0.4 is 4.90 Å². The topological polar surface area (TPSA) is 36.4 Å². The maximum Gasteiger partial charge on any atom is 0.185 e. The van der Waals surface area contributed by atoms with E-state index in [2.05, 4.69) is 23.2 Å². The highest BCUT2D eigenvalue weighted by molar-refractivity contribution is 7.98. The quantitative estimate of drug-likeness (QED) is 0.836. The van der Waals surface area contributed by atoms with Gasteiger partial charge in [-0.1, -0.05) is 0 Å². The van der Waals surface area contributed by atoms with Crippen molar-refractivity contribution < 1.29 is 5.11 Å². The number of hydrogen-bond donors (Lipinski definition) is 1. The van der Waals surface area contributed by atoms with Gasteiger partial charge in [0.25, 0.3) is 0 Å².